The van der Waals surface area contributed by atoms with Crippen molar-refractivity contribution >= 4 is 5.91 Å². The van der Waals surface area contributed by atoms with Gasteiger partial charge in [-0.25, -0.2) is 0 Å². The minimum atomic E-state index is -0.487. The quantitative estimate of drug-likeness (QED) is 0.375. The first-order valence-corrected chi connectivity index (χ1v) is 12.2. The van der Waals surface area contributed by atoms with Crippen molar-refractivity contribution in [2.24, 2.45) is 5.92 Å². The van der Waals surface area contributed by atoms with E-state index < -0.39 is 5.41 Å². The lowest BCUT2D eigenvalue weighted by molar-refractivity contribution is -0.122. The number of benzene rings is 2. The molecule has 1 heterocycles. The van der Waals surface area contributed by atoms with Crippen molar-refractivity contribution in [3.63, 3.8) is 0 Å². The third-order valence-electron chi connectivity index (χ3n) is 6.99. The number of rotatable bonds is 12. The van der Waals surface area contributed by atoms with E-state index in [9.17, 15) is 4.79 Å². The third kappa shape index (κ3) is 5.10. The Bertz CT molecular complexity index is 1130. The fraction of sp³-hybridized carbons (Fsp3) is 0.379. The van der Waals surface area contributed by atoms with E-state index in [1.165, 1.54) is 5.56 Å². The molecule has 1 aliphatic carbocycles. The average molecular weight is 491 g/mol. The van der Waals surface area contributed by atoms with Gasteiger partial charge < -0.3 is 24.3 Å². The molecule has 1 aromatic heterocycles. The number of unbranched alkanes of at least 4 members (excludes halogenated alkanes) is 1. The van der Waals surface area contributed by atoms with E-state index in [0.717, 1.165) is 30.4 Å². The van der Waals surface area contributed by atoms with E-state index in [1.807, 2.05) is 48.7 Å². The highest BCUT2D eigenvalue weighted by atomic mass is 16.5. The van der Waals surface area contributed by atoms with Crippen LogP contribution in [0.5, 0.6) is 23.0 Å². The number of aryl methyl sites for hydroxylation is 1. The van der Waals surface area contributed by atoms with Gasteiger partial charge in [-0.05, 0) is 72.7 Å². The molecule has 0 aliphatic heterocycles. The first-order chi connectivity index (χ1) is 17.6. The molecule has 0 spiro atoms. The number of nitrogens with one attached hydrogen (secondary N) is 1. The Labute approximate surface area is 212 Å². The van der Waals surface area contributed by atoms with E-state index in [0.29, 0.717) is 36.0 Å². The van der Waals surface area contributed by atoms with Crippen LogP contribution in [0.25, 0.3) is 0 Å². The highest BCUT2D eigenvalue weighted by molar-refractivity contribution is 5.86. The first-order valence-electron chi connectivity index (χ1n) is 12.2. The Morgan fingerprint density at radius 3 is 2.03 bits per heavy atom. The van der Waals surface area contributed by atoms with E-state index in [2.05, 4.69) is 16.4 Å². The number of ether oxygens (including phenoxy) is 4. The van der Waals surface area contributed by atoms with Gasteiger partial charge in [-0.1, -0.05) is 18.2 Å². The van der Waals surface area contributed by atoms with E-state index in [1.54, 1.807) is 34.6 Å². The SMILES string of the molecule is COc1ccc(C2(c3ccc(OC)c(OC)c3)CC2C(=O)NCCCCc2cccnc2)cc1OC. The molecule has 1 N–H and O–H groups in total. The number of pyridine rings is 1. The van der Waals surface area contributed by atoms with Gasteiger partial charge in [-0.2, -0.15) is 0 Å². The lowest BCUT2D eigenvalue weighted by Gasteiger charge is -2.22. The molecular weight excluding hydrogens is 456 g/mol. The minimum Gasteiger partial charge on any atom is -0.493 e. The Morgan fingerprint density at radius 1 is 0.889 bits per heavy atom. The Balaban J connectivity index is 1.53. The number of hydrogen-bond acceptors (Lipinski definition) is 6. The Morgan fingerprint density at radius 2 is 1.50 bits per heavy atom. The van der Waals surface area contributed by atoms with Gasteiger partial charge in [0.05, 0.1) is 34.4 Å². The lowest BCUT2D eigenvalue weighted by Crippen LogP contribution is -2.30. The van der Waals surface area contributed by atoms with Gasteiger partial charge in [0.15, 0.2) is 23.0 Å². The van der Waals surface area contributed by atoms with Crippen molar-refractivity contribution in [3.8, 4) is 23.0 Å². The summed E-state index contributed by atoms with van der Waals surface area (Å²) in [5.41, 5.74) is 2.74. The van der Waals surface area contributed by atoms with Crippen LogP contribution in [0, 0.1) is 5.92 Å². The van der Waals surface area contributed by atoms with Gasteiger partial charge in [0, 0.05) is 24.4 Å². The normalized spacial score (nSPS) is 15.6. The molecule has 7 nitrogen and oxygen atoms in total. The minimum absolute atomic E-state index is 0.0564. The molecule has 2 aromatic carbocycles. The average Bonchev–Trinajstić information content (AvgIpc) is 3.69. The van der Waals surface area contributed by atoms with Crippen molar-refractivity contribution < 1.29 is 23.7 Å². The maximum absolute atomic E-state index is 13.3. The molecule has 4 rings (SSSR count). The van der Waals surface area contributed by atoms with Crippen LogP contribution in [-0.4, -0.2) is 45.9 Å². The van der Waals surface area contributed by atoms with Gasteiger partial charge in [-0.15, -0.1) is 0 Å². The fourth-order valence-corrected chi connectivity index (χ4v) is 4.95. The molecule has 1 unspecified atom stereocenters. The van der Waals surface area contributed by atoms with Crippen LogP contribution in [0.3, 0.4) is 0 Å². The molecular formula is C29H34N2O5. The topological polar surface area (TPSA) is 78.9 Å². The van der Waals surface area contributed by atoms with Crippen LogP contribution in [-0.2, 0) is 16.6 Å². The zero-order valence-corrected chi connectivity index (χ0v) is 21.4. The van der Waals surface area contributed by atoms with Crippen molar-refractivity contribution in [1.29, 1.82) is 0 Å². The van der Waals surface area contributed by atoms with E-state index >= 15 is 0 Å². The number of methoxy groups -OCH3 is 4. The molecule has 1 amide bonds. The van der Waals surface area contributed by atoms with Crippen molar-refractivity contribution in [1.82, 2.24) is 10.3 Å². The molecule has 0 saturated heterocycles. The summed E-state index contributed by atoms with van der Waals surface area (Å²) in [6.07, 6.45) is 7.22. The molecule has 3 aromatic rings. The highest BCUT2D eigenvalue weighted by Crippen LogP contribution is 2.60. The Kier molecular flexibility index (Phi) is 7.98. The van der Waals surface area contributed by atoms with Gasteiger partial charge in [0.25, 0.3) is 0 Å². The summed E-state index contributed by atoms with van der Waals surface area (Å²) in [4.78, 5) is 17.5. The van der Waals surface area contributed by atoms with Crippen LogP contribution in [0.4, 0.5) is 0 Å². The van der Waals surface area contributed by atoms with E-state index in [-0.39, 0.29) is 11.8 Å². The number of carbonyl (C=O) groups excluding carboxylic acids is 1. The monoisotopic (exact) mass is 490 g/mol. The molecule has 7 heteroatoms. The van der Waals surface area contributed by atoms with Crippen molar-refractivity contribution in [2.75, 3.05) is 35.0 Å². The van der Waals surface area contributed by atoms with Crippen LogP contribution in [0.15, 0.2) is 60.9 Å². The fourth-order valence-electron chi connectivity index (χ4n) is 4.95. The highest BCUT2D eigenvalue weighted by Gasteiger charge is 2.60. The summed E-state index contributed by atoms with van der Waals surface area (Å²) in [6, 6.07) is 15.8. The Hall–Kier alpha value is -3.74. The number of hydrogen-bond donors (Lipinski definition) is 1. The van der Waals surface area contributed by atoms with Crippen molar-refractivity contribution in [3.05, 3.63) is 77.6 Å². The molecule has 1 aliphatic rings. The lowest BCUT2D eigenvalue weighted by atomic mass is 9.85. The molecule has 0 bridgehead atoms. The second kappa shape index (κ2) is 11.3. The second-order valence-corrected chi connectivity index (χ2v) is 8.98. The summed E-state index contributed by atoms with van der Waals surface area (Å²) in [6.45, 7) is 0.642. The third-order valence-corrected chi connectivity index (χ3v) is 6.99. The predicted octanol–water partition coefficient (Wildman–Crippen LogP) is 4.56. The summed E-state index contributed by atoms with van der Waals surface area (Å²) in [5.74, 6) is 2.43. The maximum Gasteiger partial charge on any atom is 0.224 e. The van der Waals surface area contributed by atoms with Gasteiger partial charge in [0.1, 0.15) is 0 Å². The summed E-state index contributed by atoms with van der Waals surface area (Å²) in [5, 5.41) is 3.16. The molecule has 0 radical (unpaired) electrons. The predicted molar refractivity (Wildman–Crippen MR) is 138 cm³/mol. The van der Waals surface area contributed by atoms with E-state index in [4.69, 9.17) is 18.9 Å². The van der Waals surface area contributed by atoms with Gasteiger partial charge in [-0.3, -0.25) is 9.78 Å². The molecule has 1 fully saturated rings. The number of nitrogens with zero attached hydrogens (tertiary/aromatic N) is 1. The van der Waals surface area contributed by atoms with Crippen LogP contribution >= 0.6 is 0 Å². The number of amides is 1. The number of carbonyl (C=O) groups is 1. The van der Waals surface area contributed by atoms with Crippen LogP contribution in [0.2, 0.25) is 0 Å². The zero-order chi connectivity index (χ0) is 25.5. The van der Waals surface area contributed by atoms with Crippen LogP contribution < -0.4 is 24.3 Å². The van der Waals surface area contributed by atoms with Crippen molar-refractivity contribution in [2.45, 2.75) is 31.1 Å². The van der Waals surface area contributed by atoms with Gasteiger partial charge in [0.2, 0.25) is 5.91 Å². The summed E-state index contributed by atoms with van der Waals surface area (Å²) >= 11 is 0. The standard InChI is InChI=1S/C29H34N2O5/c1-33-24-12-10-21(16-26(24)35-3)29(22-11-13-25(34-2)27(17-22)36-4)18-23(29)28(32)31-15-6-5-8-20-9-7-14-30-19-20/h7,9-14,16-17,19,23H,5-6,8,15,18H2,1-4H3,(H,31,32). The molecule has 190 valence electrons. The van der Waals surface area contributed by atoms with Gasteiger partial charge >= 0.3 is 0 Å². The molecule has 1 atom stereocenters. The molecule has 1 saturated carbocycles. The second-order valence-electron chi connectivity index (χ2n) is 8.98. The smallest absolute Gasteiger partial charge is 0.224 e. The first kappa shape index (κ1) is 25.4. The molecule has 36 heavy (non-hydrogen) atoms. The van der Waals surface area contributed by atoms with Crippen LogP contribution in [0.1, 0.15) is 36.0 Å². The zero-order valence-electron chi connectivity index (χ0n) is 21.4. The summed E-state index contributed by atoms with van der Waals surface area (Å²) < 4.78 is 22.0. The summed E-state index contributed by atoms with van der Waals surface area (Å²) in [7, 11) is 6.47. The largest absolute Gasteiger partial charge is 0.493 e. The maximum atomic E-state index is 13.3. The number of aromatic nitrogens is 1.